The van der Waals surface area contributed by atoms with E-state index in [4.69, 9.17) is 4.74 Å². The highest BCUT2D eigenvalue weighted by Gasteiger charge is 2.13. The van der Waals surface area contributed by atoms with Gasteiger partial charge in [0.1, 0.15) is 0 Å². The maximum Gasteiger partial charge on any atom is 0.310 e. The lowest BCUT2D eigenvalue weighted by atomic mass is 10.3. The molecule has 0 aliphatic carbocycles. The van der Waals surface area contributed by atoms with E-state index in [0.29, 0.717) is 19.4 Å². The van der Waals surface area contributed by atoms with Crippen molar-refractivity contribution in [2.45, 2.75) is 26.2 Å². The lowest BCUT2D eigenvalue weighted by Gasteiger charge is -2.06. The maximum absolute atomic E-state index is 11.3. The van der Waals surface area contributed by atoms with E-state index in [-0.39, 0.29) is 24.0 Å². The summed E-state index contributed by atoms with van der Waals surface area (Å²) in [6, 6.07) is 6.21. The van der Waals surface area contributed by atoms with Crippen LogP contribution in [0.4, 0.5) is 5.69 Å². The zero-order valence-electron chi connectivity index (χ0n) is 10.9. The quantitative estimate of drug-likeness (QED) is 0.444. The van der Waals surface area contributed by atoms with E-state index in [1.165, 1.54) is 6.07 Å². The van der Waals surface area contributed by atoms with Gasteiger partial charge in [0, 0.05) is 19.0 Å². The molecule has 0 spiro atoms. The fraction of sp³-hybridized carbons (Fsp3) is 0.462. The second-order valence-corrected chi connectivity index (χ2v) is 4.03. The first-order chi connectivity index (χ1) is 9.15. The largest absolute Gasteiger partial charge is 0.487 e. The zero-order chi connectivity index (χ0) is 14.1. The summed E-state index contributed by atoms with van der Waals surface area (Å²) in [6.07, 6.45) is 1.79. The Morgan fingerprint density at radius 3 is 2.84 bits per heavy atom. The van der Waals surface area contributed by atoms with Crippen molar-refractivity contribution in [2.24, 2.45) is 0 Å². The van der Waals surface area contributed by atoms with Gasteiger partial charge in [0.25, 0.3) is 0 Å². The van der Waals surface area contributed by atoms with Crippen LogP contribution in [-0.2, 0) is 4.79 Å². The summed E-state index contributed by atoms with van der Waals surface area (Å²) in [5, 5.41) is 13.5. The van der Waals surface area contributed by atoms with Gasteiger partial charge in [0.2, 0.25) is 5.91 Å². The molecule has 0 aliphatic rings. The Balaban J connectivity index is 2.33. The van der Waals surface area contributed by atoms with Crippen LogP contribution in [0.15, 0.2) is 24.3 Å². The van der Waals surface area contributed by atoms with Gasteiger partial charge in [-0.2, -0.15) is 0 Å². The molecule has 1 N–H and O–H groups in total. The number of para-hydroxylation sites is 2. The first kappa shape index (κ1) is 14.9. The smallest absolute Gasteiger partial charge is 0.310 e. The first-order valence-corrected chi connectivity index (χ1v) is 6.28. The predicted octanol–water partition coefficient (Wildman–Crippen LogP) is 2.28. The second kappa shape index (κ2) is 8.07. The van der Waals surface area contributed by atoms with E-state index in [1.807, 2.05) is 6.92 Å². The minimum absolute atomic E-state index is 0.0204. The van der Waals surface area contributed by atoms with Crippen LogP contribution in [-0.4, -0.2) is 24.0 Å². The second-order valence-electron chi connectivity index (χ2n) is 4.03. The van der Waals surface area contributed by atoms with Gasteiger partial charge < -0.3 is 10.1 Å². The molecule has 0 aliphatic heterocycles. The van der Waals surface area contributed by atoms with Gasteiger partial charge in [-0.1, -0.05) is 19.1 Å². The maximum atomic E-state index is 11.3. The van der Waals surface area contributed by atoms with Crippen molar-refractivity contribution in [2.75, 3.05) is 13.2 Å². The third-order valence-electron chi connectivity index (χ3n) is 2.44. The summed E-state index contributed by atoms with van der Waals surface area (Å²) >= 11 is 0. The predicted molar refractivity (Wildman–Crippen MR) is 71.1 cm³/mol. The lowest BCUT2D eigenvalue weighted by Crippen LogP contribution is -2.24. The normalized spacial score (nSPS) is 9.95. The average Bonchev–Trinajstić information content (AvgIpc) is 2.41. The van der Waals surface area contributed by atoms with Crippen molar-refractivity contribution < 1.29 is 14.5 Å². The van der Waals surface area contributed by atoms with Gasteiger partial charge in [-0.15, -0.1) is 0 Å². The molecule has 1 aromatic rings. The fourth-order valence-electron chi connectivity index (χ4n) is 1.50. The van der Waals surface area contributed by atoms with Gasteiger partial charge in [0.15, 0.2) is 5.75 Å². The van der Waals surface area contributed by atoms with Crippen LogP contribution in [0.25, 0.3) is 0 Å². The number of nitro groups is 1. The summed E-state index contributed by atoms with van der Waals surface area (Å²) in [5.41, 5.74) is -0.0575. The van der Waals surface area contributed by atoms with E-state index in [2.05, 4.69) is 5.32 Å². The number of carbonyl (C=O) groups is 1. The topological polar surface area (TPSA) is 81.5 Å². The standard InChI is InChI=1S/C13H18N2O4/c1-2-9-14-13(16)8-5-10-19-12-7-4-3-6-11(12)15(17)18/h3-4,6-7H,2,5,8-10H2,1H3,(H,14,16). The number of amides is 1. The monoisotopic (exact) mass is 266 g/mol. The number of benzene rings is 1. The Bertz CT molecular complexity index is 434. The summed E-state index contributed by atoms with van der Waals surface area (Å²) in [5.74, 6) is 0.217. The molecule has 1 rings (SSSR count). The molecule has 0 atom stereocenters. The first-order valence-electron chi connectivity index (χ1n) is 6.28. The number of nitrogens with zero attached hydrogens (tertiary/aromatic N) is 1. The number of rotatable bonds is 8. The van der Waals surface area contributed by atoms with Gasteiger partial charge in [-0.3, -0.25) is 14.9 Å². The number of nitrogens with one attached hydrogen (secondary N) is 1. The van der Waals surface area contributed by atoms with Crippen LogP contribution in [0.1, 0.15) is 26.2 Å². The van der Waals surface area contributed by atoms with Crippen molar-refractivity contribution in [3.8, 4) is 5.75 Å². The Hall–Kier alpha value is -2.11. The Morgan fingerprint density at radius 2 is 2.16 bits per heavy atom. The number of hydrogen-bond acceptors (Lipinski definition) is 4. The molecule has 0 unspecified atom stereocenters. The molecule has 0 heterocycles. The molecule has 104 valence electrons. The van der Waals surface area contributed by atoms with E-state index < -0.39 is 4.92 Å². The number of hydrogen-bond donors (Lipinski definition) is 1. The summed E-state index contributed by atoms with van der Waals surface area (Å²) < 4.78 is 5.33. The molecule has 0 fully saturated rings. The van der Waals surface area contributed by atoms with Crippen LogP contribution in [0.2, 0.25) is 0 Å². The highest BCUT2D eigenvalue weighted by molar-refractivity contribution is 5.75. The third kappa shape index (κ3) is 5.37. The molecule has 1 amide bonds. The van der Waals surface area contributed by atoms with Crippen molar-refractivity contribution in [1.82, 2.24) is 5.32 Å². The molecule has 6 nitrogen and oxygen atoms in total. The molecule has 0 bridgehead atoms. The Kier molecular flexibility index (Phi) is 6.35. The molecule has 0 saturated carbocycles. The summed E-state index contributed by atoms with van der Waals surface area (Å²) in [6.45, 7) is 2.94. The Morgan fingerprint density at radius 1 is 1.42 bits per heavy atom. The third-order valence-corrected chi connectivity index (χ3v) is 2.44. The highest BCUT2D eigenvalue weighted by atomic mass is 16.6. The molecule has 0 saturated heterocycles. The fourth-order valence-corrected chi connectivity index (χ4v) is 1.50. The minimum atomic E-state index is -0.483. The van der Waals surface area contributed by atoms with Crippen molar-refractivity contribution in [3.63, 3.8) is 0 Å². The molecular formula is C13H18N2O4. The van der Waals surface area contributed by atoms with Crippen LogP contribution in [0.3, 0.4) is 0 Å². The molecule has 1 aromatic carbocycles. The van der Waals surface area contributed by atoms with Crippen LogP contribution in [0, 0.1) is 10.1 Å². The van der Waals surface area contributed by atoms with Gasteiger partial charge >= 0.3 is 5.69 Å². The average molecular weight is 266 g/mol. The van der Waals surface area contributed by atoms with Crippen LogP contribution >= 0.6 is 0 Å². The summed E-state index contributed by atoms with van der Waals surface area (Å²) in [4.78, 5) is 21.6. The van der Waals surface area contributed by atoms with Gasteiger partial charge in [-0.05, 0) is 18.9 Å². The number of carbonyl (C=O) groups excluding carboxylic acids is 1. The number of ether oxygens (including phenoxy) is 1. The van der Waals surface area contributed by atoms with Crippen molar-refractivity contribution in [1.29, 1.82) is 0 Å². The Labute approximate surface area is 111 Å². The highest BCUT2D eigenvalue weighted by Crippen LogP contribution is 2.25. The molecule has 0 radical (unpaired) electrons. The molecule has 6 heteroatoms. The van der Waals surface area contributed by atoms with E-state index in [9.17, 15) is 14.9 Å². The minimum Gasteiger partial charge on any atom is -0.487 e. The van der Waals surface area contributed by atoms with Crippen LogP contribution in [0.5, 0.6) is 5.75 Å². The summed E-state index contributed by atoms with van der Waals surface area (Å²) in [7, 11) is 0. The van der Waals surface area contributed by atoms with E-state index in [0.717, 1.165) is 6.42 Å². The van der Waals surface area contributed by atoms with Crippen molar-refractivity contribution in [3.05, 3.63) is 34.4 Å². The SMILES string of the molecule is CCCNC(=O)CCCOc1ccccc1[N+](=O)[O-]. The van der Waals surface area contributed by atoms with Crippen LogP contribution < -0.4 is 10.1 Å². The number of nitro benzene ring substituents is 1. The lowest BCUT2D eigenvalue weighted by molar-refractivity contribution is -0.385. The molecule has 0 aromatic heterocycles. The van der Waals surface area contributed by atoms with E-state index >= 15 is 0 Å². The van der Waals surface area contributed by atoms with Gasteiger partial charge in [0.05, 0.1) is 11.5 Å². The van der Waals surface area contributed by atoms with Gasteiger partial charge in [-0.25, -0.2) is 0 Å². The molecular weight excluding hydrogens is 248 g/mol. The van der Waals surface area contributed by atoms with E-state index in [1.54, 1.807) is 18.2 Å². The van der Waals surface area contributed by atoms with Crippen molar-refractivity contribution >= 4 is 11.6 Å². The molecule has 19 heavy (non-hydrogen) atoms. The zero-order valence-corrected chi connectivity index (χ0v) is 10.9.